The number of likely N-dealkylation sites (N-methyl/N-ethyl adjacent to an activating group) is 1. The molecule has 41 heavy (non-hydrogen) atoms. The Morgan fingerprint density at radius 1 is 1.15 bits per heavy atom. The standard InChI is InChI=1S/C33H44N6O2/c1-7-8-23-17-21(2)36-33(41)28(23)20-35-32(40)26-18-27(25-10-11-29(37(4)5)31(25)22(26)3)24-9-12-30(34-19-24)39-15-13-38(6)14-16-39/h9,12,17-19,29H,7-8,10-11,13-16,20H2,1-6H3,(H,35,40)(H,36,41). The predicted molar refractivity (Wildman–Crippen MR) is 166 cm³/mol. The first-order valence-corrected chi connectivity index (χ1v) is 14.9. The molecule has 1 atom stereocenters. The van der Waals surface area contributed by atoms with E-state index < -0.39 is 0 Å². The molecule has 1 aromatic carbocycles. The zero-order chi connectivity index (χ0) is 29.3. The summed E-state index contributed by atoms with van der Waals surface area (Å²) in [7, 11) is 6.37. The van der Waals surface area contributed by atoms with Crippen LogP contribution in [0.4, 0.5) is 5.82 Å². The molecule has 1 unspecified atom stereocenters. The minimum atomic E-state index is -0.152. The Hall–Kier alpha value is -3.49. The summed E-state index contributed by atoms with van der Waals surface area (Å²) >= 11 is 0. The van der Waals surface area contributed by atoms with Gasteiger partial charge in [0.2, 0.25) is 0 Å². The van der Waals surface area contributed by atoms with Crippen LogP contribution in [0.25, 0.3) is 11.1 Å². The van der Waals surface area contributed by atoms with Crippen molar-refractivity contribution in [1.29, 1.82) is 0 Å². The first kappa shape index (κ1) is 29.0. The number of fused-ring (bicyclic) bond motifs is 1. The van der Waals surface area contributed by atoms with Crippen molar-refractivity contribution < 1.29 is 4.79 Å². The van der Waals surface area contributed by atoms with E-state index in [9.17, 15) is 9.59 Å². The molecule has 0 saturated carbocycles. The zero-order valence-electron chi connectivity index (χ0n) is 25.4. The van der Waals surface area contributed by atoms with Crippen LogP contribution in [0.5, 0.6) is 0 Å². The minimum absolute atomic E-state index is 0.126. The summed E-state index contributed by atoms with van der Waals surface area (Å²) in [5.41, 5.74) is 8.72. The number of H-pyrrole nitrogens is 1. The molecule has 2 N–H and O–H groups in total. The van der Waals surface area contributed by atoms with Gasteiger partial charge >= 0.3 is 0 Å². The van der Waals surface area contributed by atoms with Crippen LogP contribution in [0.3, 0.4) is 0 Å². The Bertz CT molecular complexity index is 1470. The molecular formula is C33H44N6O2. The maximum Gasteiger partial charge on any atom is 0.253 e. The highest BCUT2D eigenvalue weighted by atomic mass is 16.1. The molecule has 1 saturated heterocycles. The fraction of sp³-hybridized carbons (Fsp3) is 0.485. The lowest BCUT2D eigenvalue weighted by Gasteiger charge is -2.33. The van der Waals surface area contributed by atoms with E-state index in [1.807, 2.05) is 25.3 Å². The number of aryl methyl sites for hydroxylation is 2. The number of carbonyl (C=O) groups is 1. The molecular weight excluding hydrogens is 512 g/mol. The fourth-order valence-corrected chi connectivity index (χ4v) is 6.51. The predicted octanol–water partition coefficient (Wildman–Crippen LogP) is 4.24. The van der Waals surface area contributed by atoms with Gasteiger partial charge in [-0.1, -0.05) is 13.3 Å². The number of amides is 1. The van der Waals surface area contributed by atoms with Gasteiger partial charge in [0.05, 0.1) is 0 Å². The number of anilines is 1. The van der Waals surface area contributed by atoms with Crippen molar-refractivity contribution in [3.63, 3.8) is 0 Å². The molecule has 218 valence electrons. The van der Waals surface area contributed by atoms with Gasteiger partial charge in [0.15, 0.2) is 0 Å². The van der Waals surface area contributed by atoms with E-state index in [0.29, 0.717) is 11.1 Å². The summed E-state index contributed by atoms with van der Waals surface area (Å²) in [6.07, 6.45) is 5.69. The monoisotopic (exact) mass is 556 g/mol. The number of aromatic nitrogens is 2. The number of carbonyl (C=O) groups excluding carboxylic acids is 1. The van der Waals surface area contributed by atoms with Crippen molar-refractivity contribution in [2.45, 2.75) is 59.0 Å². The number of hydrogen-bond donors (Lipinski definition) is 2. The Morgan fingerprint density at radius 2 is 1.90 bits per heavy atom. The van der Waals surface area contributed by atoms with Crippen molar-refractivity contribution in [3.8, 4) is 11.1 Å². The molecule has 3 aromatic rings. The van der Waals surface area contributed by atoms with Gasteiger partial charge in [-0.3, -0.25) is 9.59 Å². The van der Waals surface area contributed by atoms with Crippen LogP contribution in [0.1, 0.15) is 69.7 Å². The maximum atomic E-state index is 13.8. The molecule has 1 aliphatic carbocycles. The van der Waals surface area contributed by atoms with Crippen LogP contribution in [-0.2, 0) is 19.4 Å². The van der Waals surface area contributed by atoms with Gasteiger partial charge in [-0.05, 0) is 106 Å². The van der Waals surface area contributed by atoms with E-state index in [0.717, 1.165) is 85.6 Å². The molecule has 3 heterocycles. The highest BCUT2D eigenvalue weighted by Crippen LogP contribution is 2.43. The second kappa shape index (κ2) is 12.2. The Kier molecular flexibility index (Phi) is 8.61. The van der Waals surface area contributed by atoms with Gasteiger partial charge in [0.25, 0.3) is 11.5 Å². The summed E-state index contributed by atoms with van der Waals surface area (Å²) < 4.78 is 0. The van der Waals surface area contributed by atoms with Crippen molar-refractivity contribution >= 4 is 11.7 Å². The van der Waals surface area contributed by atoms with E-state index >= 15 is 0 Å². The lowest BCUT2D eigenvalue weighted by atomic mass is 9.89. The summed E-state index contributed by atoms with van der Waals surface area (Å²) in [5.74, 6) is 0.848. The Labute approximate surface area is 243 Å². The van der Waals surface area contributed by atoms with Crippen molar-refractivity contribution in [3.05, 3.63) is 79.9 Å². The fourth-order valence-electron chi connectivity index (χ4n) is 6.51. The average molecular weight is 557 g/mol. The van der Waals surface area contributed by atoms with Gasteiger partial charge in [-0.25, -0.2) is 4.98 Å². The van der Waals surface area contributed by atoms with Crippen LogP contribution in [0, 0.1) is 13.8 Å². The molecule has 8 heteroatoms. The molecule has 2 aromatic heterocycles. The lowest BCUT2D eigenvalue weighted by molar-refractivity contribution is 0.0950. The van der Waals surface area contributed by atoms with Gasteiger partial charge < -0.3 is 25.0 Å². The van der Waals surface area contributed by atoms with E-state index in [-0.39, 0.29) is 24.1 Å². The van der Waals surface area contributed by atoms with Crippen molar-refractivity contribution in [2.75, 3.05) is 52.2 Å². The van der Waals surface area contributed by atoms with Gasteiger partial charge in [0, 0.05) is 67.3 Å². The van der Waals surface area contributed by atoms with Crippen LogP contribution in [0.2, 0.25) is 0 Å². The van der Waals surface area contributed by atoms with Crippen molar-refractivity contribution in [2.24, 2.45) is 0 Å². The number of nitrogens with one attached hydrogen (secondary N) is 2. The van der Waals surface area contributed by atoms with E-state index in [2.05, 4.69) is 72.1 Å². The number of hydrogen-bond acceptors (Lipinski definition) is 6. The smallest absolute Gasteiger partial charge is 0.253 e. The van der Waals surface area contributed by atoms with Gasteiger partial charge in [0.1, 0.15) is 5.82 Å². The molecule has 1 amide bonds. The number of aromatic amines is 1. The van der Waals surface area contributed by atoms with Crippen LogP contribution in [-0.4, -0.2) is 73.0 Å². The summed E-state index contributed by atoms with van der Waals surface area (Å²) in [6, 6.07) is 8.58. The van der Waals surface area contributed by atoms with Crippen LogP contribution >= 0.6 is 0 Å². The second-order valence-corrected chi connectivity index (χ2v) is 11.9. The lowest BCUT2D eigenvalue weighted by Crippen LogP contribution is -2.44. The van der Waals surface area contributed by atoms with E-state index in [4.69, 9.17) is 4.98 Å². The third-order valence-corrected chi connectivity index (χ3v) is 8.81. The van der Waals surface area contributed by atoms with Crippen LogP contribution < -0.4 is 15.8 Å². The molecule has 0 spiro atoms. The Morgan fingerprint density at radius 3 is 2.56 bits per heavy atom. The van der Waals surface area contributed by atoms with Gasteiger partial charge in [-0.15, -0.1) is 0 Å². The molecule has 1 aliphatic heterocycles. The summed E-state index contributed by atoms with van der Waals surface area (Å²) in [5, 5.41) is 3.09. The SMILES string of the molecule is CCCc1cc(C)[nH]c(=O)c1CNC(=O)c1cc(-c2ccc(N3CCN(C)CC3)nc2)c2c(c1C)C(N(C)C)CC2. The number of piperazine rings is 1. The van der Waals surface area contributed by atoms with Gasteiger partial charge in [-0.2, -0.15) is 0 Å². The zero-order valence-corrected chi connectivity index (χ0v) is 25.4. The number of pyridine rings is 2. The molecule has 0 bridgehead atoms. The number of benzene rings is 1. The largest absolute Gasteiger partial charge is 0.354 e. The molecule has 8 nitrogen and oxygen atoms in total. The second-order valence-electron chi connectivity index (χ2n) is 11.9. The topological polar surface area (TPSA) is 84.6 Å². The first-order chi connectivity index (χ1) is 19.7. The Balaban J connectivity index is 1.48. The number of rotatable bonds is 8. The first-order valence-electron chi connectivity index (χ1n) is 14.9. The van der Waals surface area contributed by atoms with E-state index in [1.165, 1.54) is 11.1 Å². The molecule has 2 aliphatic rings. The highest BCUT2D eigenvalue weighted by molar-refractivity contribution is 5.98. The van der Waals surface area contributed by atoms with Crippen molar-refractivity contribution in [1.82, 2.24) is 25.1 Å². The third-order valence-electron chi connectivity index (χ3n) is 8.81. The normalized spacial score (nSPS) is 17.2. The average Bonchev–Trinajstić information content (AvgIpc) is 3.40. The molecule has 1 fully saturated rings. The maximum absolute atomic E-state index is 13.8. The summed E-state index contributed by atoms with van der Waals surface area (Å²) in [6.45, 7) is 10.3. The highest BCUT2D eigenvalue weighted by Gasteiger charge is 2.31. The van der Waals surface area contributed by atoms with Crippen LogP contribution in [0.15, 0.2) is 35.3 Å². The number of nitrogens with zero attached hydrogens (tertiary/aromatic N) is 4. The minimum Gasteiger partial charge on any atom is -0.354 e. The third kappa shape index (κ3) is 5.95. The molecule has 0 radical (unpaired) electrons. The molecule has 5 rings (SSSR count). The summed E-state index contributed by atoms with van der Waals surface area (Å²) in [4.78, 5) is 41.3. The quantitative estimate of drug-likeness (QED) is 0.432. The van der Waals surface area contributed by atoms with E-state index in [1.54, 1.807) is 0 Å².